The Bertz CT molecular complexity index is 894. The molecule has 31 heavy (non-hydrogen) atoms. The topological polar surface area (TPSA) is 98.6 Å². The van der Waals surface area contributed by atoms with Gasteiger partial charge in [-0.2, -0.15) is 0 Å². The lowest BCUT2D eigenvalue weighted by Crippen LogP contribution is -2.41. The lowest BCUT2D eigenvalue weighted by Gasteiger charge is -2.26. The Hall–Kier alpha value is -2.85. The number of anilines is 1. The molecule has 0 bridgehead atoms. The van der Waals surface area contributed by atoms with Crippen molar-refractivity contribution in [1.29, 1.82) is 0 Å². The number of nitrogens with one attached hydrogen (secondary N) is 1. The lowest BCUT2D eigenvalue weighted by molar-refractivity contribution is -0.132. The molecule has 1 saturated heterocycles. The summed E-state index contributed by atoms with van der Waals surface area (Å²) in [6, 6.07) is 7.19. The Labute approximate surface area is 185 Å². The molecular formula is C21H27N5O4S. The summed E-state index contributed by atoms with van der Waals surface area (Å²) in [7, 11) is 0. The van der Waals surface area contributed by atoms with E-state index in [1.165, 1.54) is 11.8 Å². The van der Waals surface area contributed by atoms with Crippen LogP contribution in [-0.2, 0) is 27.3 Å². The van der Waals surface area contributed by atoms with Crippen molar-refractivity contribution >= 4 is 29.3 Å². The Morgan fingerprint density at radius 2 is 2.00 bits per heavy atom. The molecule has 1 N–H and O–H groups in total. The van der Waals surface area contributed by atoms with Gasteiger partial charge < -0.3 is 24.3 Å². The first-order valence-corrected chi connectivity index (χ1v) is 11.1. The maximum Gasteiger partial charge on any atom is 0.233 e. The fourth-order valence-corrected chi connectivity index (χ4v) is 3.92. The van der Waals surface area contributed by atoms with E-state index in [0.717, 1.165) is 5.75 Å². The van der Waals surface area contributed by atoms with Crippen molar-refractivity contribution in [1.82, 2.24) is 19.7 Å². The summed E-state index contributed by atoms with van der Waals surface area (Å²) >= 11 is 1.31. The quantitative estimate of drug-likeness (QED) is 0.441. The predicted molar refractivity (Wildman–Crippen MR) is 118 cm³/mol. The number of aromatic nitrogens is 3. The third-order valence-electron chi connectivity index (χ3n) is 4.56. The zero-order valence-electron chi connectivity index (χ0n) is 17.6. The van der Waals surface area contributed by atoms with Crippen LogP contribution in [0.4, 0.5) is 5.69 Å². The molecule has 0 spiro atoms. The number of hydrogen-bond acceptors (Lipinski definition) is 7. The van der Waals surface area contributed by atoms with E-state index >= 15 is 0 Å². The first kappa shape index (κ1) is 22.8. The average molecular weight is 446 g/mol. The van der Waals surface area contributed by atoms with Crippen LogP contribution in [0.3, 0.4) is 0 Å². The van der Waals surface area contributed by atoms with Crippen LogP contribution < -0.4 is 10.1 Å². The zero-order chi connectivity index (χ0) is 22.1. The first-order valence-electron chi connectivity index (χ1n) is 10.1. The van der Waals surface area contributed by atoms with Crippen molar-refractivity contribution in [3.8, 4) is 5.75 Å². The number of thioether (sulfide) groups is 1. The van der Waals surface area contributed by atoms with Crippen molar-refractivity contribution in [2.24, 2.45) is 0 Å². The maximum atomic E-state index is 12.5. The normalized spacial score (nSPS) is 13.6. The second-order valence-electron chi connectivity index (χ2n) is 6.76. The molecule has 166 valence electrons. The number of nitrogens with zero attached hydrogens (tertiary/aromatic N) is 4. The highest BCUT2D eigenvalue weighted by Crippen LogP contribution is 2.19. The van der Waals surface area contributed by atoms with Gasteiger partial charge in [0.05, 0.1) is 32.0 Å². The molecule has 0 aliphatic carbocycles. The summed E-state index contributed by atoms with van der Waals surface area (Å²) in [5, 5.41) is 11.8. The van der Waals surface area contributed by atoms with Crippen molar-refractivity contribution in [3.05, 3.63) is 42.7 Å². The van der Waals surface area contributed by atoms with Crippen molar-refractivity contribution in [3.63, 3.8) is 0 Å². The summed E-state index contributed by atoms with van der Waals surface area (Å²) in [6.45, 7) is 9.07. The molecule has 9 nitrogen and oxygen atoms in total. The standard InChI is InChI=1S/C21H27N5O4S/c1-3-9-26-18(14-19(27)22-16-5-7-17(8-6-16)30-4-2)23-24-21(26)31-15-20(28)25-10-12-29-13-11-25/h3,5-8H,1,4,9-15H2,2H3,(H,22,27). The van der Waals surface area contributed by atoms with E-state index in [9.17, 15) is 9.59 Å². The van der Waals surface area contributed by atoms with E-state index in [0.29, 0.717) is 56.1 Å². The van der Waals surface area contributed by atoms with Gasteiger partial charge in [0.25, 0.3) is 0 Å². The van der Waals surface area contributed by atoms with Gasteiger partial charge in [0.15, 0.2) is 5.16 Å². The van der Waals surface area contributed by atoms with Crippen LogP contribution in [0.25, 0.3) is 0 Å². The number of amides is 2. The Kier molecular flexibility index (Phi) is 8.48. The molecule has 1 aliphatic heterocycles. The molecule has 0 radical (unpaired) electrons. The first-order chi connectivity index (χ1) is 15.1. The van der Waals surface area contributed by atoms with Crippen LogP contribution in [0, 0.1) is 0 Å². The number of allylic oxidation sites excluding steroid dienone is 1. The molecular weight excluding hydrogens is 418 g/mol. The highest BCUT2D eigenvalue weighted by Gasteiger charge is 2.20. The Morgan fingerprint density at radius 1 is 1.26 bits per heavy atom. The molecule has 1 aliphatic rings. The third-order valence-corrected chi connectivity index (χ3v) is 5.51. The molecule has 2 amide bonds. The largest absolute Gasteiger partial charge is 0.494 e. The van der Waals surface area contributed by atoms with E-state index in [4.69, 9.17) is 9.47 Å². The second kappa shape index (κ2) is 11.5. The summed E-state index contributed by atoms with van der Waals surface area (Å²) in [4.78, 5) is 26.7. The summed E-state index contributed by atoms with van der Waals surface area (Å²) < 4.78 is 12.5. The van der Waals surface area contributed by atoms with Gasteiger partial charge in [0.1, 0.15) is 11.6 Å². The molecule has 3 rings (SSSR count). The number of benzene rings is 1. The van der Waals surface area contributed by atoms with E-state index in [-0.39, 0.29) is 24.0 Å². The smallest absolute Gasteiger partial charge is 0.233 e. The predicted octanol–water partition coefficient (Wildman–Crippen LogP) is 1.99. The zero-order valence-corrected chi connectivity index (χ0v) is 18.4. The number of ether oxygens (including phenoxy) is 2. The Balaban J connectivity index is 1.59. The highest BCUT2D eigenvalue weighted by molar-refractivity contribution is 7.99. The van der Waals surface area contributed by atoms with Crippen LogP contribution in [0.5, 0.6) is 5.75 Å². The average Bonchev–Trinajstić information content (AvgIpc) is 3.15. The van der Waals surface area contributed by atoms with E-state index in [1.807, 2.05) is 11.5 Å². The van der Waals surface area contributed by atoms with Gasteiger partial charge in [-0.25, -0.2) is 0 Å². The van der Waals surface area contributed by atoms with Crippen molar-refractivity contribution in [2.75, 3.05) is 44.0 Å². The molecule has 0 saturated carbocycles. The fourth-order valence-electron chi connectivity index (χ4n) is 3.05. The molecule has 0 atom stereocenters. The minimum absolute atomic E-state index is 0.0382. The number of carbonyl (C=O) groups is 2. The molecule has 2 aromatic rings. The van der Waals surface area contributed by atoms with Gasteiger partial charge >= 0.3 is 0 Å². The fraction of sp³-hybridized carbons (Fsp3) is 0.429. The van der Waals surface area contributed by atoms with Gasteiger partial charge in [0.2, 0.25) is 11.8 Å². The van der Waals surface area contributed by atoms with Gasteiger partial charge in [-0.1, -0.05) is 17.8 Å². The minimum Gasteiger partial charge on any atom is -0.494 e. The SMILES string of the molecule is C=CCn1c(CC(=O)Nc2ccc(OCC)cc2)nnc1SCC(=O)N1CCOCC1. The Morgan fingerprint density at radius 3 is 2.68 bits per heavy atom. The monoisotopic (exact) mass is 445 g/mol. The summed E-state index contributed by atoms with van der Waals surface area (Å²) in [5.41, 5.74) is 0.675. The van der Waals surface area contributed by atoms with Gasteiger partial charge in [0, 0.05) is 25.3 Å². The lowest BCUT2D eigenvalue weighted by atomic mass is 10.3. The number of rotatable bonds is 10. The van der Waals surface area contributed by atoms with Crippen molar-refractivity contribution < 1.29 is 19.1 Å². The molecule has 1 aromatic carbocycles. The maximum absolute atomic E-state index is 12.5. The molecule has 2 heterocycles. The summed E-state index contributed by atoms with van der Waals surface area (Å²) in [5.74, 6) is 1.36. The molecule has 1 aromatic heterocycles. The highest BCUT2D eigenvalue weighted by atomic mass is 32.2. The third kappa shape index (κ3) is 6.56. The van der Waals surface area contributed by atoms with Crippen molar-refractivity contribution in [2.45, 2.75) is 25.0 Å². The van der Waals surface area contributed by atoms with E-state index < -0.39 is 0 Å². The van der Waals surface area contributed by atoms with Crippen LogP contribution in [0.2, 0.25) is 0 Å². The number of morpholine rings is 1. The summed E-state index contributed by atoms with van der Waals surface area (Å²) in [6.07, 6.45) is 1.77. The van der Waals surface area contributed by atoms with Crippen LogP contribution in [0.1, 0.15) is 12.7 Å². The molecule has 1 fully saturated rings. The second-order valence-corrected chi connectivity index (χ2v) is 7.70. The van der Waals surface area contributed by atoms with Crippen LogP contribution in [0.15, 0.2) is 42.1 Å². The molecule has 10 heteroatoms. The minimum atomic E-state index is -0.206. The van der Waals surface area contributed by atoms with Crippen LogP contribution in [-0.4, -0.2) is 70.1 Å². The van der Waals surface area contributed by atoms with Gasteiger partial charge in [-0.15, -0.1) is 16.8 Å². The number of carbonyl (C=O) groups excluding carboxylic acids is 2. The van der Waals surface area contributed by atoms with Crippen LogP contribution >= 0.6 is 11.8 Å². The number of hydrogen-bond donors (Lipinski definition) is 1. The molecule has 0 unspecified atom stereocenters. The van der Waals surface area contributed by atoms with E-state index in [2.05, 4.69) is 22.1 Å². The van der Waals surface area contributed by atoms with E-state index in [1.54, 1.807) is 35.2 Å². The van der Waals surface area contributed by atoms with Gasteiger partial charge in [-0.05, 0) is 31.2 Å². The van der Waals surface area contributed by atoms with Gasteiger partial charge in [-0.3, -0.25) is 9.59 Å².